The van der Waals surface area contributed by atoms with Crippen LogP contribution in [-0.2, 0) is 0 Å². The van der Waals surface area contributed by atoms with E-state index in [0.717, 1.165) is 10.6 Å². The normalized spacial score (nSPS) is 12.3. The molecule has 0 atom stereocenters. The Bertz CT molecular complexity index is 2370. The number of nitrogens with zero attached hydrogens (tertiary/aromatic N) is 2. The van der Waals surface area contributed by atoms with Crippen LogP contribution in [-0.4, -0.2) is 9.55 Å². The first-order chi connectivity index (χ1) is 18.3. The van der Waals surface area contributed by atoms with Crippen LogP contribution in [0.2, 0.25) is 0 Å². The molecule has 0 amide bonds. The standard InChI is InChI=1S/C33H18N2S2/c1-2-9-21-18-27-24(17-20(21)8-1)30-22-10-4-3-7-19(22)13-15-26(30)35(27)33-34-25-14-16-29-31(32(25)37-33)23-11-5-6-12-28(23)36-29/h1-18H. The second kappa shape index (κ2) is 7.16. The van der Waals surface area contributed by atoms with E-state index in [1.165, 1.54) is 68.2 Å². The highest BCUT2D eigenvalue weighted by molar-refractivity contribution is 7.28. The van der Waals surface area contributed by atoms with Gasteiger partial charge < -0.3 is 0 Å². The van der Waals surface area contributed by atoms with Crippen LogP contribution in [0.25, 0.3) is 78.9 Å². The average Bonchev–Trinajstić information content (AvgIpc) is 3.62. The number of thiophene rings is 1. The van der Waals surface area contributed by atoms with Gasteiger partial charge in [0.15, 0.2) is 5.13 Å². The third-order valence-electron chi connectivity index (χ3n) is 7.60. The fourth-order valence-corrected chi connectivity index (χ4v) is 8.29. The summed E-state index contributed by atoms with van der Waals surface area (Å²) in [7, 11) is 0. The molecule has 2 nitrogen and oxygen atoms in total. The van der Waals surface area contributed by atoms with Crippen LogP contribution in [0.15, 0.2) is 109 Å². The Morgan fingerprint density at radius 3 is 2.16 bits per heavy atom. The molecule has 0 aliphatic rings. The van der Waals surface area contributed by atoms with Gasteiger partial charge in [-0.05, 0) is 57.9 Å². The first kappa shape index (κ1) is 19.9. The van der Waals surface area contributed by atoms with Gasteiger partial charge in [0.1, 0.15) is 0 Å². The molecule has 37 heavy (non-hydrogen) atoms. The summed E-state index contributed by atoms with van der Waals surface area (Å²) in [6.07, 6.45) is 0. The zero-order valence-electron chi connectivity index (χ0n) is 19.6. The van der Waals surface area contributed by atoms with Crippen LogP contribution >= 0.6 is 22.7 Å². The van der Waals surface area contributed by atoms with Crippen molar-refractivity contribution in [3.05, 3.63) is 109 Å². The van der Waals surface area contributed by atoms with Crippen molar-refractivity contribution in [2.75, 3.05) is 0 Å². The summed E-state index contributed by atoms with van der Waals surface area (Å²) >= 11 is 3.67. The summed E-state index contributed by atoms with van der Waals surface area (Å²) in [5.41, 5.74) is 3.47. The fourth-order valence-electron chi connectivity index (χ4n) is 5.96. The first-order valence-corrected chi connectivity index (χ1v) is 14.0. The summed E-state index contributed by atoms with van der Waals surface area (Å²) in [4.78, 5) is 5.24. The predicted octanol–water partition coefficient (Wildman–Crippen LogP) is 10.1. The Kier molecular flexibility index (Phi) is 3.85. The summed E-state index contributed by atoms with van der Waals surface area (Å²) < 4.78 is 6.30. The number of aromatic nitrogens is 2. The van der Waals surface area contributed by atoms with Crippen molar-refractivity contribution in [1.82, 2.24) is 9.55 Å². The Labute approximate surface area is 219 Å². The Balaban J connectivity index is 1.46. The minimum absolute atomic E-state index is 1.02. The van der Waals surface area contributed by atoms with E-state index in [0.29, 0.717) is 0 Å². The number of hydrogen-bond donors (Lipinski definition) is 0. The predicted molar refractivity (Wildman–Crippen MR) is 162 cm³/mol. The lowest BCUT2D eigenvalue weighted by Crippen LogP contribution is -1.92. The molecule has 0 spiro atoms. The Hall–Kier alpha value is -4.25. The number of hydrogen-bond acceptors (Lipinski definition) is 3. The number of thiazole rings is 1. The second-order valence-corrected chi connectivity index (χ2v) is 11.7. The van der Waals surface area contributed by atoms with Crippen molar-refractivity contribution >= 4 is 96.4 Å². The highest BCUT2D eigenvalue weighted by Gasteiger charge is 2.19. The van der Waals surface area contributed by atoms with Crippen molar-refractivity contribution in [1.29, 1.82) is 0 Å². The molecule has 0 bridgehead atoms. The monoisotopic (exact) mass is 506 g/mol. The Morgan fingerprint density at radius 1 is 0.514 bits per heavy atom. The smallest absolute Gasteiger partial charge is 0.195 e. The van der Waals surface area contributed by atoms with Crippen molar-refractivity contribution < 1.29 is 0 Å². The van der Waals surface area contributed by atoms with E-state index in [1.54, 1.807) is 11.3 Å². The maximum Gasteiger partial charge on any atom is 0.195 e. The molecule has 0 N–H and O–H groups in total. The summed E-state index contributed by atoms with van der Waals surface area (Å²) in [6.45, 7) is 0. The second-order valence-electron chi connectivity index (χ2n) is 9.61. The first-order valence-electron chi connectivity index (χ1n) is 12.4. The highest BCUT2D eigenvalue weighted by atomic mass is 32.1. The lowest BCUT2D eigenvalue weighted by Gasteiger charge is -2.04. The molecule has 3 aromatic heterocycles. The van der Waals surface area contributed by atoms with Crippen molar-refractivity contribution in [3.8, 4) is 5.13 Å². The van der Waals surface area contributed by atoms with E-state index in [9.17, 15) is 0 Å². The lowest BCUT2D eigenvalue weighted by molar-refractivity contribution is 1.15. The van der Waals surface area contributed by atoms with E-state index in [-0.39, 0.29) is 0 Å². The van der Waals surface area contributed by atoms with Gasteiger partial charge in [0.2, 0.25) is 0 Å². The van der Waals surface area contributed by atoms with Crippen LogP contribution in [0.4, 0.5) is 0 Å². The minimum atomic E-state index is 1.02. The van der Waals surface area contributed by atoms with Gasteiger partial charge in [-0.15, -0.1) is 11.3 Å². The van der Waals surface area contributed by atoms with Crippen molar-refractivity contribution in [3.63, 3.8) is 0 Å². The molecule has 9 rings (SSSR count). The van der Waals surface area contributed by atoms with Crippen LogP contribution in [0.1, 0.15) is 0 Å². The third kappa shape index (κ3) is 2.66. The van der Waals surface area contributed by atoms with Gasteiger partial charge in [0.05, 0.1) is 21.3 Å². The molecule has 9 aromatic rings. The van der Waals surface area contributed by atoms with Gasteiger partial charge in [-0.3, -0.25) is 4.57 Å². The van der Waals surface area contributed by atoms with Gasteiger partial charge in [-0.1, -0.05) is 84.1 Å². The van der Waals surface area contributed by atoms with Crippen LogP contribution in [0.5, 0.6) is 0 Å². The topological polar surface area (TPSA) is 17.8 Å². The average molecular weight is 507 g/mol. The van der Waals surface area contributed by atoms with Gasteiger partial charge in [0, 0.05) is 30.9 Å². The fraction of sp³-hybridized carbons (Fsp3) is 0. The molecule has 0 saturated heterocycles. The molecule has 0 saturated carbocycles. The molecule has 3 heterocycles. The van der Waals surface area contributed by atoms with Crippen LogP contribution in [0, 0.1) is 0 Å². The molecule has 0 aliphatic heterocycles. The SMILES string of the molecule is c1ccc2cc3c(cc2c1)c1c2ccccc2ccc1n3-c1nc2ccc3sc4ccccc4c3c2s1. The largest absolute Gasteiger partial charge is 0.285 e. The number of benzene rings is 6. The van der Waals surface area contributed by atoms with E-state index < -0.39 is 0 Å². The van der Waals surface area contributed by atoms with E-state index in [4.69, 9.17) is 4.98 Å². The zero-order chi connectivity index (χ0) is 24.1. The van der Waals surface area contributed by atoms with Gasteiger partial charge in [-0.2, -0.15) is 0 Å². The molecule has 0 fully saturated rings. The molecule has 0 unspecified atom stereocenters. The van der Waals surface area contributed by atoms with Crippen LogP contribution < -0.4 is 0 Å². The third-order valence-corrected chi connectivity index (χ3v) is 9.81. The molecule has 6 aromatic carbocycles. The Morgan fingerprint density at radius 2 is 1.27 bits per heavy atom. The van der Waals surface area contributed by atoms with Crippen LogP contribution in [0.3, 0.4) is 0 Å². The minimum Gasteiger partial charge on any atom is -0.285 e. The molecular weight excluding hydrogens is 489 g/mol. The number of fused-ring (bicyclic) bond motifs is 11. The van der Waals surface area contributed by atoms with E-state index >= 15 is 0 Å². The molecule has 0 radical (unpaired) electrons. The zero-order valence-corrected chi connectivity index (χ0v) is 21.2. The number of rotatable bonds is 1. The molecule has 0 aliphatic carbocycles. The summed E-state index contributed by atoms with van der Waals surface area (Å²) in [5, 5.41) is 11.3. The maximum atomic E-state index is 5.24. The molecular formula is C33H18N2S2. The molecule has 172 valence electrons. The summed E-state index contributed by atoms with van der Waals surface area (Å²) in [5.74, 6) is 0. The lowest BCUT2D eigenvalue weighted by atomic mass is 10.0. The van der Waals surface area contributed by atoms with Gasteiger partial charge in [-0.25, -0.2) is 4.98 Å². The van der Waals surface area contributed by atoms with Gasteiger partial charge in [0.25, 0.3) is 0 Å². The summed E-state index contributed by atoms with van der Waals surface area (Å²) in [6, 6.07) is 39.7. The quantitative estimate of drug-likeness (QED) is 0.217. The van der Waals surface area contributed by atoms with E-state index in [2.05, 4.69) is 114 Å². The van der Waals surface area contributed by atoms with Crippen molar-refractivity contribution in [2.24, 2.45) is 0 Å². The maximum absolute atomic E-state index is 5.24. The van der Waals surface area contributed by atoms with E-state index in [1.807, 2.05) is 11.3 Å². The molecule has 4 heteroatoms. The van der Waals surface area contributed by atoms with Crippen molar-refractivity contribution in [2.45, 2.75) is 0 Å². The van der Waals surface area contributed by atoms with Gasteiger partial charge >= 0.3 is 0 Å². The highest BCUT2D eigenvalue weighted by Crippen LogP contribution is 2.44.